The molecule has 3 fully saturated rings. The Morgan fingerprint density at radius 2 is 1.59 bits per heavy atom. The number of hydrogen-bond acceptors (Lipinski definition) is 4. The second-order valence-electron chi connectivity index (χ2n) is 11.9. The Morgan fingerprint density at radius 3 is 2.32 bits per heavy atom. The fourth-order valence-corrected chi connectivity index (χ4v) is 7.37. The summed E-state index contributed by atoms with van der Waals surface area (Å²) in [7, 11) is 1.61. The van der Waals surface area contributed by atoms with Crippen molar-refractivity contribution in [1.29, 1.82) is 0 Å². The second kappa shape index (κ2) is 12.0. The van der Waals surface area contributed by atoms with Crippen LogP contribution in [0.5, 0.6) is 5.75 Å². The predicted molar refractivity (Wildman–Crippen MR) is 164 cm³/mol. The summed E-state index contributed by atoms with van der Waals surface area (Å²) < 4.78 is 6.55. The van der Waals surface area contributed by atoms with E-state index in [4.69, 9.17) is 4.74 Å². The topological polar surface area (TPSA) is 53.1 Å². The largest absolute Gasteiger partial charge is 0.496 e. The minimum Gasteiger partial charge on any atom is -0.496 e. The fourth-order valence-electron chi connectivity index (χ4n) is 7.10. The van der Waals surface area contributed by atoms with Gasteiger partial charge in [0, 0.05) is 43.1 Å². The summed E-state index contributed by atoms with van der Waals surface area (Å²) in [6.07, 6.45) is 2.78. The molecule has 0 radical (unpaired) electrons. The first-order valence-electron chi connectivity index (χ1n) is 14.7. The molecule has 6 nitrogen and oxygen atoms in total. The summed E-state index contributed by atoms with van der Waals surface area (Å²) in [5, 5.41) is 0. The Balaban J connectivity index is 1.11. The zero-order chi connectivity index (χ0) is 28.4. The molecule has 2 unspecified atom stereocenters. The molecule has 3 aromatic rings. The molecule has 0 aliphatic carbocycles. The molecule has 214 valence electrons. The number of para-hydroxylation sites is 1. The molecular formula is C34H38BrN3O3. The van der Waals surface area contributed by atoms with Crippen LogP contribution in [0.4, 0.5) is 0 Å². The summed E-state index contributed by atoms with van der Waals surface area (Å²) in [6.45, 7) is 5.74. The molecule has 1 spiro atoms. The van der Waals surface area contributed by atoms with Crippen molar-refractivity contribution in [2.75, 3.05) is 46.4 Å². The van der Waals surface area contributed by atoms with Crippen LogP contribution in [0.1, 0.15) is 46.7 Å². The highest BCUT2D eigenvalue weighted by Gasteiger charge is 2.48. The molecule has 3 heterocycles. The quantitative estimate of drug-likeness (QED) is 0.336. The van der Waals surface area contributed by atoms with Gasteiger partial charge in [-0.3, -0.25) is 9.59 Å². The number of carbonyl (C=O) groups excluding carboxylic acids is 2. The molecular weight excluding hydrogens is 578 g/mol. The van der Waals surface area contributed by atoms with Crippen molar-refractivity contribution < 1.29 is 14.3 Å². The zero-order valence-electron chi connectivity index (χ0n) is 23.7. The average Bonchev–Trinajstić information content (AvgIpc) is 3.56. The van der Waals surface area contributed by atoms with Crippen LogP contribution in [0.2, 0.25) is 0 Å². The summed E-state index contributed by atoms with van der Waals surface area (Å²) in [5.74, 6) is 1.59. The first kappa shape index (κ1) is 28.0. The molecule has 0 N–H and O–H groups in total. The molecule has 0 bridgehead atoms. The maximum absolute atomic E-state index is 13.6. The average molecular weight is 617 g/mol. The van der Waals surface area contributed by atoms with Gasteiger partial charge in [0.15, 0.2) is 0 Å². The van der Waals surface area contributed by atoms with Gasteiger partial charge in [-0.2, -0.15) is 0 Å². The third kappa shape index (κ3) is 5.80. The van der Waals surface area contributed by atoms with Crippen molar-refractivity contribution >= 4 is 27.7 Å². The number of halogens is 1. The van der Waals surface area contributed by atoms with Crippen LogP contribution in [-0.2, 0) is 11.3 Å². The number of amides is 2. The minimum atomic E-state index is -0.216. The van der Waals surface area contributed by atoms with Crippen molar-refractivity contribution in [3.8, 4) is 5.75 Å². The van der Waals surface area contributed by atoms with Crippen LogP contribution in [0.25, 0.3) is 0 Å². The molecule has 2 atom stereocenters. The van der Waals surface area contributed by atoms with Crippen molar-refractivity contribution in [3.63, 3.8) is 0 Å². The summed E-state index contributed by atoms with van der Waals surface area (Å²) in [6, 6.07) is 26.4. The first-order valence-corrected chi connectivity index (χ1v) is 15.5. The molecule has 3 aromatic carbocycles. The van der Waals surface area contributed by atoms with Gasteiger partial charge in [-0.1, -0.05) is 70.5 Å². The number of ether oxygens (including phenoxy) is 1. The third-order valence-corrected chi connectivity index (χ3v) is 10.0. The Labute approximate surface area is 251 Å². The van der Waals surface area contributed by atoms with Crippen LogP contribution in [0.3, 0.4) is 0 Å². The van der Waals surface area contributed by atoms with Gasteiger partial charge < -0.3 is 19.4 Å². The molecule has 3 aliphatic rings. The van der Waals surface area contributed by atoms with E-state index in [-0.39, 0.29) is 17.2 Å². The van der Waals surface area contributed by atoms with E-state index >= 15 is 0 Å². The second-order valence-corrected chi connectivity index (χ2v) is 12.8. The number of hydrogen-bond donors (Lipinski definition) is 0. The Bertz CT molecular complexity index is 1370. The lowest BCUT2D eigenvalue weighted by atomic mass is 9.76. The lowest BCUT2D eigenvalue weighted by Crippen LogP contribution is -2.46. The van der Waals surface area contributed by atoms with Crippen molar-refractivity contribution in [2.45, 2.75) is 31.7 Å². The molecule has 0 saturated carbocycles. The van der Waals surface area contributed by atoms with E-state index in [0.717, 1.165) is 56.5 Å². The first-order chi connectivity index (χ1) is 20.0. The molecule has 41 heavy (non-hydrogen) atoms. The Hall–Kier alpha value is -3.16. The van der Waals surface area contributed by atoms with Gasteiger partial charge in [-0.25, -0.2) is 0 Å². The number of benzene rings is 3. The van der Waals surface area contributed by atoms with Crippen LogP contribution >= 0.6 is 15.9 Å². The molecule has 3 saturated heterocycles. The molecule has 6 rings (SSSR count). The maximum Gasteiger partial charge on any atom is 0.257 e. The van der Waals surface area contributed by atoms with E-state index in [1.165, 1.54) is 11.1 Å². The highest BCUT2D eigenvalue weighted by molar-refractivity contribution is 9.10. The number of nitrogens with zero attached hydrogens (tertiary/aromatic N) is 3. The zero-order valence-corrected chi connectivity index (χ0v) is 25.3. The molecule has 0 aromatic heterocycles. The van der Waals surface area contributed by atoms with Gasteiger partial charge in [-0.05, 0) is 73.7 Å². The monoisotopic (exact) mass is 615 g/mol. The Kier molecular flexibility index (Phi) is 8.18. The normalized spacial score (nSPS) is 22.4. The van der Waals surface area contributed by atoms with Crippen LogP contribution in [0, 0.1) is 11.3 Å². The summed E-state index contributed by atoms with van der Waals surface area (Å²) in [4.78, 5) is 33.8. The number of carbonyl (C=O) groups is 2. The van der Waals surface area contributed by atoms with Gasteiger partial charge >= 0.3 is 0 Å². The number of piperidine rings is 1. The van der Waals surface area contributed by atoms with Crippen molar-refractivity contribution in [2.24, 2.45) is 11.3 Å². The van der Waals surface area contributed by atoms with Crippen molar-refractivity contribution in [1.82, 2.24) is 14.7 Å². The predicted octanol–water partition coefficient (Wildman–Crippen LogP) is 5.83. The number of rotatable bonds is 7. The van der Waals surface area contributed by atoms with Gasteiger partial charge in [0.1, 0.15) is 5.75 Å². The number of likely N-dealkylation sites (tertiary alicyclic amines) is 3. The highest BCUT2D eigenvalue weighted by atomic mass is 79.9. The molecule has 3 aliphatic heterocycles. The van der Waals surface area contributed by atoms with Gasteiger partial charge in [0.05, 0.1) is 18.1 Å². The highest BCUT2D eigenvalue weighted by Crippen LogP contribution is 2.43. The maximum atomic E-state index is 13.6. The minimum absolute atomic E-state index is 0.0332. The van der Waals surface area contributed by atoms with Crippen molar-refractivity contribution in [3.05, 3.63) is 100 Å². The molecule has 7 heteroatoms. The molecule has 2 amide bonds. The number of methoxy groups -OCH3 is 1. The van der Waals surface area contributed by atoms with Gasteiger partial charge in [0.2, 0.25) is 5.91 Å². The van der Waals surface area contributed by atoms with Gasteiger partial charge in [0.25, 0.3) is 5.91 Å². The summed E-state index contributed by atoms with van der Waals surface area (Å²) in [5.41, 5.74) is 2.87. The third-order valence-electron chi connectivity index (χ3n) is 9.49. The van der Waals surface area contributed by atoms with Gasteiger partial charge in [-0.15, -0.1) is 0 Å². The smallest absolute Gasteiger partial charge is 0.257 e. The van der Waals surface area contributed by atoms with E-state index < -0.39 is 0 Å². The van der Waals surface area contributed by atoms with E-state index in [1.807, 2.05) is 47.4 Å². The standard InChI is InChI=1S/C34H38BrN3O3/c1-41-31-10-6-5-9-29(31)32(39)38-23-27(30(24-38)26-7-3-2-4-8-26)22-36-18-15-34(16-19-36)17-20-37(33(34)40)21-25-11-13-28(35)14-12-25/h2-14,27,30H,15-24H2,1H3. The van der Waals surface area contributed by atoms with E-state index in [0.29, 0.717) is 36.2 Å². The van der Waals surface area contributed by atoms with E-state index in [1.54, 1.807) is 7.11 Å². The van der Waals surface area contributed by atoms with Crippen LogP contribution in [0.15, 0.2) is 83.3 Å². The SMILES string of the molecule is COc1ccccc1C(=O)N1CC(CN2CCC3(CC2)CCN(Cc2ccc(Br)cc2)C3=O)C(c2ccccc2)C1. The van der Waals surface area contributed by atoms with E-state index in [9.17, 15) is 9.59 Å². The lowest BCUT2D eigenvalue weighted by Gasteiger charge is -2.39. The van der Waals surface area contributed by atoms with Crippen LogP contribution < -0.4 is 4.74 Å². The van der Waals surface area contributed by atoms with Crippen LogP contribution in [-0.4, -0.2) is 72.9 Å². The Morgan fingerprint density at radius 1 is 0.902 bits per heavy atom. The summed E-state index contributed by atoms with van der Waals surface area (Å²) >= 11 is 3.50. The lowest BCUT2D eigenvalue weighted by molar-refractivity contribution is -0.139. The van der Waals surface area contributed by atoms with E-state index in [2.05, 4.69) is 62.1 Å². The fraction of sp³-hybridized carbons (Fsp3) is 0.412.